The van der Waals surface area contributed by atoms with Gasteiger partial charge in [0.25, 0.3) is 0 Å². The highest BCUT2D eigenvalue weighted by Crippen LogP contribution is 2.05. The Labute approximate surface area is 106 Å². The molecule has 0 saturated heterocycles. The molecule has 1 aromatic rings. The quantitative estimate of drug-likeness (QED) is 0.695. The molecule has 0 aliphatic heterocycles. The van der Waals surface area contributed by atoms with Crippen LogP contribution in [0.2, 0.25) is 0 Å². The van der Waals surface area contributed by atoms with Crippen molar-refractivity contribution < 1.29 is 23.9 Å². The summed E-state index contributed by atoms with van der Waals surface area (Å²) >= 11 is 0. The number of hydrogen-bond acceptors (Lipinski definition) is 4. The van der Waals surface area contributed by atoms with Crippen LogP contribution in [0.1, 0.15) is 19.4 Å². The second kappa shape index (κ2) is 7.48. The van der Waals surface area contributed by atoms with Gasteiger partial charge >= 0.3 is 7.12 Å². The number of ether oxygens (including phenoxy) is 2. The molecule has 0 aromatic heterocycles. The van der Waals surface area contributed by atoms with Crippen LogP contribution in [0.25, 0.3) is 0 Å². The average molecular weight is 256 g/mol. The minimum Gasteiger partial charge on any atom is -0.423 e. The molecule has 0 aliphatic carbocycles. The number of halogens is 1. The van der Waals surface area contributed by atoms with E-state index >= 15 is 0 Å². The lowest BCUT2D eigenvalue weighted by Crippen LogP contribution is -2.33. The van der Waals surface area contributed by atoms with Crippen LogP contribution in [0.5, 0.6) is 0 Å². The van der Waals surface area contributed by atoms with Gasteiger partial charge in [-0.25, -0.2) is 4.39 Å². The standard InChI is InChI=1S/C12H18BFO4/c1-3-17-7-9(2)18-8-10-4-5-12(14)11(6-10)13(15)16/h4-6,9,15-16H,3,7-8H2,1-2H3. The Kier molecular flexibility index (Phi) is 6.28. The topological polar surface area (TPSA) is 58.9 Å². The van der Waals surface area contributed by atoms with Crippen LogP contribution in [0.3, 0.4) is 0 Å². The van der Waals surface area contributed by atoms with E-state index in [0.717, 1.165) is 0 Å². The summed E-state index contributed by atoms with van der Waals surface area (Å²) in [5.41, 5.74) is 0.538. The Balaban J connectivity index is 2.55. The van der Waals surface area contributed by atoms with Crippen LogP contribution < -0.4 is 5.46 Å². The Morgan fingerprint density at radius 2 is 2.11 bits per heavy atom. The van der Waals surface area contributed by atoms with Gasteiger partial charge in [-0.15, -0.1) is 0 Å². The zero-order valence-corrected chi connectivity index (χ0v) is 10.6. The van der Waals surface area contributed by atoms with Crippen molar-refractivity contribution in [2.75, 3.05) is 13.2 Å². The molecule has 4 nitrogen and oxygen atoms in total. The highest BCUT2D eigenvalue weighted by atomic mass is 19.1. The van der Waals surface area contributed by atoms with E-state index < -0.39 is 12.9 Å². The number of rotatable bonds is 7. The molecule has 0 bridgehead atoms. The van der Waals surface area contributed by atoms with Gasteiger partial charge in [0.1, 0.15) is 5.82 Å². The Bertz CT molecular complexity index is 373. The molecule has 2 N–H and O–H groups in total. The fraction of sp³-hybridized carbons (Fsp3) is 0.500. The monoisotopic (exact) mass is 256 g/mol. The molecule has 6 heteroatoms. The van der Waals surface area contributed by atoms with Crippen molar-refractivity contribution in [2.45, 2.75) is 26.6 Å². The van der Waals surface area contributed by atoms with Crippen molar-refractivity contribution >= 4 is 12.6 Å². The summed E-state index contributed by atoms with van der Waals surface area (Å²) in [6.07, 6.45) is -0.0718. The van der Waals surface area contributed by atoms with Gasteiger partial charge in [0.2, 0.25) is 0 Å². The Morgan fingerprint density at radius 1 is 1.39 bits per heavy atom. The van der Waals surface area contributed by atoms with E-state index in [0.29, 0.717) is 18.8 Å². The fourth-order valence-electron chi connectivity index (χ4n) is 1.45. The highest BCUT2D eigenvalue weighted by Gasteiger charge is 2.17. The summed E-state index contributed by atoms with van der Waals surface area (Å²) in [6.45, 7) is 5.18. The van der Waals surface area contributed by atoms with Crippen LogP contribution in [0, 0.1) is 5.82 Å². The van der Waals surface area contributed by atoms with Gasteiger partial charge in [-0.3, -0.25) is 0 Å². The maximum Gasteiger partial charge on any atom is 0.491 e. The zero-order chi connectivity index (χ0) is 13.5. The molecule has 0 radical (unpaired) electrons. The Hall–Kier alpha value is -0.945. The first-order valence-corrected chi connectivity index (χ1v) is 5.88. The van der Waals surface area contributed by atoms with Crippen molar-refractivity contribution in [1.29, 1.82) is 0 Å². The number of benzene rings is 1. The molecular formula is C12H18BFO4. The van der Waals surface area contributed by atoms with E-state index in [1.54, 1.807) is 6.07 Å². The van der Waals surface area contributed by atoms with Crippen LogP contribution in [0.15, 0.2) is 18.2 Å². The van der Waals surface area contributed by atoms with Gasteiger partial charge in [0.15, 0.2) is 0 Å². The maximum atomic E-state index is 13.2. The van der Waals surface area contributed by atoms with E-state index in [4.69, 9.17) is 19.5 Å². The molecule has 0 fully saturated rings. The molecule has 0 saturated carbocycles. The molecule has 100 valence electrons. The lowest BCUT2D eigenvalue weighted by atomic mass is 9.79. The summed E-state index contributed by atoms with van der Waals surface area (Å²) in [4.78, 5) is 0. The van der Waals surface area contributed by atoms with Gasteiger partial charge in [-0.1, -0.05) is 12.1 Å². The second-order valence-corrected chi connectivity index (χ2v) is 4.01. The van der Waals surface area contributed by atoms with Gasteiger partial charge < -0.3 is 19.5 Å². The molecule has 0 aliphatic rings. The largest absolute Gasteiger partial charge is 0.491 e. The minimum absolute atomic E-state index is 0.0718. The summed E-state index contributed by atoms with van der Waals surface area (Å²) in [5.74, 6) is -0.642. The average Bonchev–Trinajstić information content (AvgIpc) is 2.35. The smallest absolute Gasteiger partial charge is 0.423 e. The first-order chi connectivity index (χ1) is 8.54. The van der Waals surface area contributed by atoms with Crippen molar-refractivity contribution in [3.8, 4) is 0 Å². The summed E-state index contributed by atoms with van der Waals surface area (Å²) in [5, 5.41) is 18.0. The van der Waals surface area contributed by atoms with Gasteiger partial charge in [-0.2, -0.15) is 0 Å². The maximum absolute atomic E-state index is 13.2. The second-order valence-electron chi connectivity index (χ2n) is 4.01. The summed E-state index contributed by atoms with van der Waals surface area (Å²) in [6, 6.07) is 4.13. The van der Waals surface area contributed by atoms with E-state index in [1.165, 1.54) is 12.1 Å². The van der Waals surface area contributed by atoms with Gasteiger partial charge in [0, 0.05) is 12.1 Å². The SMILES string of the molecule is CCOCC(C)OCc1ccc(F)c(B(O)O)c1. The van der Waals surface area contributed by atoms with E-state index in [1.807, 2.05) is 13.8 Å². The van der Waals surface area contributed by atoms with Crippen LogP contribution in [0.4, 0.5) is 4.39 Å². The molecular weight excluding hydrogens is 238 g/mol. The number of hydrogen-bond donors (Lipinski definition) is 2. The predicted octanol–water partition coefficient (Wildman–Crippen LogP) is 0.447. The molecule has 1 rings (SSSR count). The molecule has 1 aromatic carbocycles. The first-order valence-electron chi connectivity index (χ1n) is 5.88. The van der Waals surface area contributed by atoms with E-state index in [9.17, 15) is 4.39 Å². The van der Waals surface area contributed by atoms with Crippen molar-refractivity contribution in [2.24, 2.45) is 0 Å². The zero-order valence-electron chi connectivity index (χ0n) is 10.6. The summed E-state index contributed by atoms with van der Waals surface area (Å²) < 4.78 is 23.9. The molecule has 0 spiro atoms. The van der Waals surface area contributed by atoms with Crippen molar-refractivity contribution in [3.63, 3.8) is 0 Å². The van der Waals surface area contributed by atoms with Gasteiger partial charge in [-0.05, 0) is 25.5 Å². The molecule has 0 amide bonds. The normalized spacial score (nSPS) is 12.5. The predicted molar refractivity (Wildman–Crippen MR) is 67.0 cm³/mol. The molecule has 1 atom stereocenters. The molecule has 0 heterocycles. The van der Waals surface area contributed by atoms with Crippen molar-refractivity contribution in [3.05, 3.63) is 29.6 Å². The fourth-order valence-corrected chi connectivity index (χ4v) is 1.45. The Morgan fingerprint density at radius 3 is 2.72 bits per heavy atom. The third-order valence-corrected chi connectivity index (χ3v) is 2.43. The van der Waals surface area contributed by atoms with Crippen LogP contribution in [-0.4, -0.2) is 36.5 Å². The molecule has 1 unspecified atom stereocenters. The van der Waals surface area contributed by atoms with E-state index in [-0.39, 0.29) is 18.2 Å². The van der Waals surface area contributed by atoms with Gasteiger partial charge in [0.05, 0.1) is 19.3 Å². The first kappa shape index (κ1) is 15.1. The summed E-state index contributed by atoms with van der Waals surface area (Å²) in [7, 11) is -1.81. The van der Waals surface area contributed by atoms with Crippen molar-refractivity contribution in [1.82, 2.24) is 0 Å². The molecule has 18 heavy (non-hydrogen) atoms. The van der Waals surface area contributed by atoms with E-state index in [2.05, 4.69) is 0 Å². The minimum atomic E-state index is -1.81. The lowest BCUT2D eigenvalue weighted by Gasteiger charge is -2.13. The van der Waals surface area contributed by atoms with Crippen LogP contribution in [-0.2, 0) is 16.1 Å². The lowest BCUT2D eigenvalue weighted by molar-refractivity contribution is -0.0116. The third kappa shape index (κ3) is 4.74. The third-order valence-electron chi connectivity index (χ3n) is 2.43. The van der Waals surface area contributed by atoms with Crippen LogP contribution >= 0.6 is 0 Å². The highest BCUT2D eigenvalue weighted by molar-refractivity contribution is 6.58.